The van der Waals surface area contributed by atoms with Crippen molar-refractivity contribution in [3.05, 3.63) is 95.1 Å². The zero-order chi connectivity index (χ0) is 23.4. The lowest BCUT2D eigenvalue weighted by Crippen LogP contribution is -2.23. The van der Waals surface area contributed by atoms with Crippen LogP contribution in [-0.2, 0) is 22.7 Å². The lowest BCUT2D eigenvalue weighted by atomic mass is 10.1. The lowest BCUT2D eigenvalue weighted by molar-refractivity contribution is -0.137. The molecule has 3 rings (SSSR count). The van der Waals surface area contributed by atoms with Gasteiger partial charge in [-0.25, -0.2) is 8.42 Å². The van der Waals surface area contributed by atoms with E-state index < -0.39 is 27.7 Å². The van der Waals surface area contributed by atoms with Gasteiger partial charge in [-0.05, 0) is 60.2 Å². The van der Waals surface area contributed by atoms with Crippen LogP contribution in [0, 0.1) is 11.3 Å². The number of alkyl halides is 3. The Morgan fingerprint density at radius 3 is 2.22 bits per heavy atom. The molecule has 0 spiro atoms. The van der Waals surface area contributed by atoms with Crippen LogP contribution in [0.2, 0.25) is 0 Å². The monoisotopic (exact) mass is 459 g/mol. The van der Waals surface area contributed by atoms with Crippen LogP contribution in [0.1, 0.15) is 27.0 Å². The van der Waals surface area contributed by atoms with Crippen LogP contribution in [0.5, 0.6) is 0 Å². The minimum Gasteiger partial charge on any atom is -0.348 e. The van der Waals surface area contributed by atoms with Gasteiger partial charge in [-0.15, -0.1) is 0 Å². The maximum atomic E-state index is 12.8. The van der Waals surface area contributed by atoms with Crippen molar-refractivity contribution in [1.82, 2.24) is 5.32 Å². The summed E-state index contributed by atoms with van der Waals surface area (Å²) in [6, 6.07) is 17.5. The van der Waals surface area contributed by atoms with Gasteiger partial charge in [0.25, 0.3) is 15.9 Å². The highest BCUT2D eigenvalue weighted by Gasteiger charge is 2.30. The Bertz CT molecular complexity index is 1260. The van der Waals surface area contributed by atoms with Crippen molar-refractivity contribution >= 4 is 21.6 Å². The number of hydrogen-bond acceptors (Lipinski definition) is 4. The third-order valence-electron chi connectivity index (χ3n) is 4.41. The highest BCUT2D eigenvalue weighted by atomic mass is 32.2. The van der Waals surface area contributed by atoms with Crippen LogP contribution in [0.25, 0.3) is 0 Å². The van der Waals surface area contributed by atoms with E-state index in [4.69, 9.17) is 5.26 Å². The number of amides is 1. The summed E-state index contributed by atoms with van der Waals surface area (Å²) >= 11 is 0. The number of nitriles is 1. The molecule has 0 radical (unpaired) electrons. The van der Waals surface area contributed by atoms with Crippen LogP contribution in [0.3, 0.4) is 0 Å². The topological polar surface area (TPSA) is 99.1 Å². The molecule has 0 unspecified atom stereocenters. The minimum atomic E-state index is -4.60. The molecule has 164 valence electrons. The molecule has 10 heteroatoms. The Morgan fingerprint density at radius 2 is 1.62 bits per heavy atom. The summed E-state index contributed by atoms with van der Waals surface area (Å²) in [5.74, 6) is -0.441. The standard InChI is InChI=1S/C22H16F3N3O3S/c23-22(24,25)18-2-1-3-19(12-18)28-32(30,31)20-10-8-17(9-11-20)21(29)27-14-16-6-4-15(13-26)5-7-16/h1-12,28H,14H2,(H,27,29). The van der Waals surface area contributed by atoms with E-state index in [0.717, 1.165) is 17.7 Å². The second-order valence-electron chi connectivity index (χ2n) is 6.70. The Labute approximate surface area is 182 Å². The van der Waals surface area contributed by atoms with Gasteiger partial charge < -0.3 is 5.32 Å². The summed E-state index contributed by atoms with van der Waals surface area (Å²) in [5.41, 5.74) is 0.269. The fraction of sp³-hybridized carbons (Fsp3) is 0.0909. The molecule has 6 nitrogen and oxygen atoms in total. The fourth-order valence-corrected chi connectivity index (χ4v) is 3.79. The second-order valence-corrected chi connectivity index (χ2v) is 8.38. The number of hydrogen-bond donors (Lipinski definition) is 2. The first-order valence-electron chi connectivity index (χ1n) is 9.16. The van der Waals surface area contributed by atoms with E-state index in [-0.39, 0.29) is 22.7 Å². The zero-order valence-corrected chi connectivity index (χ0v) is 17.2. The van der Waals surface area contributed by atoms with E-state index in [1.807, 2.05) is 6.07 Å². The second kappa shape index (κ2) is 9.11. The highest BCUT2D eigenvalue weighted by Crippen LogP contribution is 2.31. The SMILES string of the molecule is N#Cc1ccc(CNC(=O)c2ccc(S(=O)(=O)Nc3cccc(C(F)(F)F)c3)cc2)cc1. The van der Waals surface area contributed by atoms with Crippen LogP contribution < -0.4 is 10.0 Å². The first-order valence-corrected chi connectivity index (χ1v) is 10.6. The number of rotatable bonds is 6. The van der Waals surface area contributed by atoms with Crippen molar-refractivity contribution in [2.45, 2.75) is 17.6 Å². The predicted molar refractivity (Wildman–Crippen MR) is 111 cm³/mol. The van der Waals surface area contributed by atoms with Crippen molar-refractivity contribution in [3.8, 4) is 6.07 Å². The van der Waals surface area contributed by atoms with Crippen molar-refractivity contribution in [2.75, 3.05) is 4.72 Å². The van der Waals surface area contributed by atoms with E-state index in [1.54, 1.807) is 24.3 Å². The van der Waals surface area contributed by atoms with Crippen molar-refractivity contribution in [3.63, 3.8) is 0 Å². The summed E-state index contributed by atoms with van der Waals surface area (Å²) in [6.07, 6.45) is -4.60. The molecular weight excluding hydrogens is 443 g/mol. The summed E-state index contributed by atoms with van der Waals surface area (Å²) in [4.78, 5) is 12.1. The van der Waals surface area contributed by atoms with E-state index in [2.05, 4.69) is 10.0 Å². The number of nitrogens with one attached hydrogen (secondary N) is 2. The van der Waals surface area contributed by atoms with Crippen molar-refractivity contribution < 1.29 is 26.4 Å². The lowest BCUT2D eigenvalue weighted by Gasteiger charge is -2.12. The van der Waals surface area contributed by atoms with Gasteiger partial charge in [0.05, 0.1) is 22.1 Å². The molecule has 3 aromatic carbocycles. The molecule has 3 aromatic rings. The summed E-state index contributed by atoms with van der Waals surface area (Å²) in [6.45, 7) is 0.210. The highest BCUT2D eigenvalue weighted by molar-refractivity contribution is 7.92. The molecule has 0 aromatic heterocycles. The molecule has 0 fully saturated rings. The number of carbonyl (C=O) groups excluding carboxylic acids is 1. The number of carbonyl (C=O) groups is 1. The van der Waals surface area contributed by atoms with E-state index in [0.29, 0.717) is 11.6 Å². The van der Waals surface area contributed by atoms with Crippen LogP contribution in [-0.4, -0.2) is 14.3 Å². The zero-order valence-electron chi connectivity index (χ0n) is 16.3. The Balaban J connectivity index is 1.67. The molecule has 1 amide bonds. The predicted octanol–water partition coefficient (Wildman–Crippen LogP) is 4.31. The van der Waals surface area contributed by atoms with Gasteiger partial charge in [0.1, 0.15) is 0 Å². The third-order valence-corrected chi connectivity index (χ3v) is 5.80. The molecule has 32 heavy (non-hydrogen) atoms. The quantitative estimate of drug-likeness (QED) is 0.574. The molecule has 0 saturated heterocycles. The average Bonchev–Trinajstić information content (AvgIpc) is 2.77. The Morgan fingerprint density at radius 1 is 0.969 bits per heavy atom. The fourth-order valence-electron chi connectivity index (χ4n) is 2.74. The van der Waals surface area contributed by atoms with Crippen LogP contribution in [0.4, 0.5) is 18.9 Å². The van der Waals surface area contributed by atoms with E-state index >= 15 is 0 Å². The van der Waals surface area contributed by atoms with Crippen LogP contribution in [0.15, 0.2) is 77.7 Å². The first kappa shape index (κ1) is 22.8. The summed E-state index contributed by atoms with van der Waals surface area (Å²) < 4.78 is 65.5. The molecule has 0 aliphatic carbocycles. The molecular formula is C22H16F3N3O3S. The van der Waals surface area contributed by atoms with Gasteiger partial charge in [0.15, 0.2) is 0 Å². The van der Waals surface area contributed by atoms with Gasteiger partial charge in [-0.1, -0.05) is 18.2 Å². The maximum absolute atomic E-state index is 12.8. The van der Waals surface area contributed by atoms with E-state index in [1.165, 1.54) is 30.3 Å². The number of benzene rings is 3. The van der Waals surface area contributed by atoms with Gasteiger partial charge in [0, 0.05) is 17.8 Å². The van der Waals surface area contributed by atoms with Gasteiger partial charge >= 0.3 is 6.18 Å². The third kappa shape index (κ3) is 5.65. The number of halogens is 3. The van der Waals surface area contributed by atoms with Crippen molar-refractivity contribution in [2.24, 2.45) is 0 Å². The van der Waals surface area contributed by atoms with Gasteiger partial charge in [0.2, 0.25) is 0 Å². The molecule has 2 N–H and O–H groups in total. The number of anilines is 1. The Hall–Kier alpha value is -3.84. The smallest absolute Gasteiger partial charge is 0.348 e. The van der Waals surface area contributed by atoms with Crippen LogP contribution >= 0.6 is 0 Å². The minimum absolute atomic E-state index is 0.205. The molecule has 0 atom stereocenters. The first-order chi connectivity index (χ1) is 15.1. The number of sulfonamides is 1. The molecule has 0 aliphatic rings. The van der Waals surface area contributed by atoms with E-state index in [9.17, 15) is 26.4 Å². The molecule has 0 aliphatic heterocycles. The summed E-state index contributed by atoms with van der Waals surface area (Å²) in [5, 5.41) is 11.5. The molecule has 0 bridgehead atoms. The molecule has 0 heterocycles. The number of nitrogens with zero attached hydrogens (tertiary/aromatic N) is 1. The summed E-state index contributed by atoms with van der Waals surface area (Å²) in [7, 11) is -4.16. The van der Waals surface area contributed by atoms with Gasteiger partial charge in [-0.2, -0.15) is 18.4 Å². The Kier molecular flexibility index (Phi) is 6.50. The average molecular weight is 459 g/mol. The largest absolute Gasteiger partial charge is 0.416 e. The van der Waals surface area contributed by atoms with Gasteiger partial charge in [-0.3, -0.25) is 9.52 Å². The molecule has 0 saturated carbocycles. The van der Waals surface area contributed by atoms with Crippen molar-refractivity contribution in [1.29, 1.82) is 5.26 Å². The normalized spacial score (nSPS) is 11.4. The maximum Gasteiger partial charge on any atom is 0.416 e.